The molecule has 0 saturated carbocycles. The summed E-state index contributed by atoms with van der Waals surface area (Å²) in [5, 5.41) is 18.0. The lowest BCUT2D eigenvalue weighted by atomic mass is 9.84. The fourth-order valence-electron chi connectivity index (χ4n) is 1.74. The third-order valence-corrected chi connectivity index (χ3v) is 2.61. The zero-order chi connectivity index (χ0) is 11.3. The third-order valence-electron chi connectivity index (χ3n) is 2.61. The van der Waals surface area contributed by atoms with Crippen LogP contribution in [0.15, 0.2) is 24.3 Å². The van der Waals surface area contributed by atoms with Gasteiger partial charge in [-0.3, -0.25) is 0 Å². The Bertz CT molecular complexity index is 309. The van der Waals surface area contributed by atoms with Crippen molar-refractivity contribution in [2.24, 2.45) is 5.73 Å². The number of benzene rings is 1. The highest BCUT2D eigenvalue weighted by atomic mass is 16.3. The molecule has 1 rings (SSSR count). The molecule has 4 nitrogen and oxygen atoms in total. The van der Waals surface area contributed by atoms with E-state index < -0.39 is 5.54 Å². The molecular weight excluding hydrogens is 192 g/mol. The zero-order valence-corrected chi connectivity index (χ0v) is 8.69. The maximum Gasteiger partial charge on any atom is 0.0474 e. The molecule has 0 aliphatic carbocycles. The van der Waals surface area contributed by atoms with E-state index in [9.17, 15) is 0 Å². The van der Waals surface area contributed by atoms with E-state index in [1.54, 1.807) is 6.07 Å². The second-order valence-electron chi connectivity index (χ2n) is 3.69. The Kier molecular flexibility index (Phi) is 4.08. The van der Waals surface area contributed by atoms with Gasteiger partial charge in [0.1, 0.15) is 0 Å². The van der Waals surface area contributed by atoms with Crippen molar-refractivity contribution in [2.75, 3.05) is 18.9 Å². The molecule has 0 unspecified atom stereocenters. The van der Waals surface area contributed by atoms with Crippen molar-refractivity contribution in [3.05, 3.63) is 29.8 Å². The first-order chi connectivity index (χ1) is 7.14. The van der Waals surface area contributed by atoms with Crippen LogP contribution < -0.4 is 11.5 Å². The van der Waals surface area contributed by atoms with Crippen LogP contribution in [-0.2, 0) is 5.54 Å². The van der Waals surface area contributed by atoms with Gasteiger partial charge in [0, 0.05) is 24.4 Å². The first kappa shape index (κ1) is 12.0. The van der Waals surface area contributed by atoms with Gasteiger partial charge in [0.15, 0.2) is 0 Å². The number of para-hydroxylation sites is 1. The summed E-state index contributed by atoms with van der Waals surface area (Å²) in [5.41, 5.74) is 12.6. The van der Waals surface area contributed by atoms with Crippen LogP contribution in [0.4, 0.5) is 5.69 Å². The molecule has 1 aromatic carbocycles. The second-order valence-corrected chi connectivity index (χ2v) is 3.69. The van der Waals surface area contributed by atoms with Crippen LogP contribution in [0.5, 0.6) is 0 Å². The first-order valence-corrected chi connectivity index (χ1v) is 4.99. The highest BCUT2D eigenvalue weighted by molar-refractivity contribution is 5.50. The first-order valence-electron chi connectivity index (χ1n) is 4.99. The Labute approximate surface area is 89.5 Å². The standard InChI is InChI=1S/C11H18N2O2/c12-10-4-2-1-3-9(10)11(13,5-7-14)6-8-15/h1-4,14-15H,5-8,12-13H2. The summed E-state index contributed by atoms with van der Waals surface area (Å²) in [6, 6.07) is 7.28. The van der Waals surface area contributed by atoms with Crippen LogP contribution >= 0.6 is 0 Å². The number of hydrogen-bond acceptors (Lipinski definition) is 4. The summed E-state index contributed by atoms with van der Waals surface area (Å²) in [5.74, 6) is 0. The van der Waals surface area contributed by atoms with E-state index in [-0.39, 0.29) is 13.2 Å². The van der Waals surface area contributed by atoms with Gasteiger partial charge in [0.25, 0.3) is 0 Å². The molecular formula is C11H18N2O2. The van der Waals surface area contributed by atoms with Gasteiger partial charge in [-0.05, 0) is 24.5 Å². The second kappa shape index (κ2) is 5.11. The van der Waals surface area contributed by atoms with Gasteiger partial charge < -0.3 is 21.7 Å². The Morgan fingerprint density at radius 2 is 1.60 bits per heavy atom. The maximum atomic E-state index is 8.98. The molecule has 6 N–H and O–H groups in total. The van der Waals surface area contributed by atoms with Crippen LogP contribution in [0.1, 0.15) is 18.4 Å². The summed E-state index contributed by atoms with van der Waals surface area (Å²) in [7, 11) is 0. The molecule has 0 aromatic heterocycles. The molecule has 1 aromatic rings. The van der Waals surface area contributed by atoms with Gasteiger partial charge in [-0.15, -0.1) is 0 Å². The minimum absolute atomic E-state index is 0.0230. The fourth-order valence-corrected chi connectivity index (χ4v) is 1.74. The van der Waals surface area contributed by atoms with Gasteiger partial charge >= 0.3 is 0 Å². The number of aliphatic hydroxyl groups is 2. The highest BCUT2D eigenvalue weighted by Gasteiger charge is 2.27. The zero-order valence-electron chi connectivity index (χ0n) is 8.69. The maximum absolute atomic E-state index is 8.98. The van der Waals surface area contributed by atoms with Crippen molar-refractivity contribution in [1.29, 1.82) is 0 Å². The minimum Gasteiger partial charge on any atom is -0.398 e. The Balaban J connectivity index is 3.03. The monoisotopic (exact) mass is 210 g/mol. The number of nitrogens with two attached hydrogens (primary N) is 2. The van der Waals surface area contributed by atoms with Crippen LogP contribution in [0.2, 0.25) is 0 Å². The van der Waals surface area contributed by atoms with Crippen molar-refractivity contribution in [3.8, 4) is 0 Å². The number of nitrogen functional groups attached to an aromatic ring is 1. The smallest absolute Gasteiger partial charge is 0.0474 e. The molecule has 0 aliphatic rings. The predicted molar refractivity (Wildman–Crippen MR) is 60.1 cm³/mol. The van der Waals surface area contributed by atoms with Crippen molar-refractivity contribution in [1.82, 2.24) is 0 Å². The lowest BCUT2D eigenvalue weighted by molar-refractivity contribution is 0.194. The number of hydrogen-bond donors (Lipinski definition) is 4. The summed E-state index contributed by atoms with van der Waals surface area (Å²) in [6.45, 7) is -0.0460. The molecule has 0 fully saturated rings. The molecule has 0 aliphatic heterocycles. The average molecular weight is 210 g/mol. The number of rotatable bonds is 5. The fraction of sp³-hybridized carbons (Fsp3) is 0.455. The molecule has 0 atom stereocenters. The lowest BCUT2D eigenvalue weighted by Crippen LogP contribution is -2.39. The molecule has 0 spiro atoms. The average Bonchev–Trinajstić information content (AvgIpc) is 2.19. The van der Waals surface area contributed by atoms with E-state index in [4.69, 9.17) is 21.7 Å². The quantitative estimate of drug-likeness (QED) is 0.522. The molecule has 0 heterocycles. The van der Waals surface area contributed by atoms with Crippen molar-refractivity contribution < 1.29 is 10.2 Å². The molecule has 0 amide bonds. The van der Waals surface area contributed by atoms with Crippen molar-refractivity contribution in [3.63, 3.8) is 0 Å². The summed E-state index contributed by atoms with van der Waals surface area (Å²) < 4.78 is 0. The van der Waals surface area contributed by atoms with Gasteiger partial charge in [0.05, 0.1) is 0 Å². The Morgan fingerprint density at radius 3 is 2.07 bits per heavy atom. The minimum atomic E-state index is -0.741. The molecule has 0 bridgehead atoms. The van der Waals surface area contributed by atoms with E-state index in [1.165, 1.54) is 0 Å². The van der Waals surface area contributed by atoms with Crippen LogP contribution in [0, 0.1) is 0 Å². The van der Waals surface area contributed by atoms with E-state index in [0.29, 0.717) is 18.5 Å². The SMILES string of the molecule is Nc1ccccc1C(N)(CCO)CCO. The van der Waals surface area contributed by atoms with Crippen LogP contribution in [-0.4, -0.2) is 23.4 Å². The van der Waals surface area contributed by atoms with Crippen molar-refractivity contribution in [2.45, 2.75) is 18.4 Å². The van der Waals surface area contributed by atoms with Gasteiger partial charge in [0.2, 0.25) is 0 Å². The Hall–Kier alpha value is -1.10. The molecule has 84 valence electrons. The van der Waals surface area contributed by atoms with Crippen LogP contribution in [0.3, 0.4) is 0 Å². The van der Waals surface area contributed by atoms with E-state index in [2.05, 4.69) is 0 Å². The molecule has 15 heavy (non-hydrogen) atoms. The third kappa shape index (κ3) is 2.68. The normalized spacial score (nSPS) is 11.7. The van der Waals surface area contributed by atoms with E-state index >= 15 is 0 Å². The van der Waals surface area contributed by atoms with E-state index in [0.717, 1.165) is 5.56 Å². The van der Waals surface area contributed by atoms with E-state index in [1.807, 2.05) is 18.2 Å². The van der Waals surface area contributed by atoms with Gasteiger partial charge in [-0.1, -0.05) is 18.2 Å². The predicted octanol–water partition coefficient (Wildman–Crippen LogP) is 0.188. The number of aliphatic hydroxyl groups excluding tert-OH is 2. The van der Waals surface area contributed by atoms with Crippen molar-refractivity contribution >= 4 is 5.69 Å². The van der Waals surface area contributed by atoms with Gasteiger partial charge in [-0.2, -0.15) is 0 Å². The van der Waals surface area contributed by atoms with Crippen LogP contribution in [0.25, 0.3) is 0 Å². The molecule has 0 radical (unpaired) electrons. The molecule has 4 heteroatoms. The highest BCUT2D eigenvalue weighted by Crippen LogP contribution is 2.29. The largest absolute Gasteiger partial charge is 0.398 e. The Morgan fingerprint density at radius 1 is 1.07 bits per heavy atom. The number of anilines is 1. The summed E-state index contributed by atoms with van der Waals surface area (Å²) >= 11 is 0. The molecule has 0 saturated heterocycles. The van der Waals surface area contributed by atoms with Gasteiger partial charge in [-0.25, -0.2) is 0 Å². The topological polar surface area (TPSA) is 92.5 Å². The summed E-state index contributed by atoms with van der Waals surface area (Å²) in [6.07, 6.45) is 0.781. The lowest BCUT2D eigenvalue weighted by Gasteiger charge is -2.30. The summed E-state index contributed by atoms with van der Waals surface area (Å²) in [4.78, 5) is 0.